The number of alkyl halides is 3. The van der Waals surface area contributed by atoms with Crippen LogP contribution in [0, 0.1) is 0 Å². The molecule has 0 saturated heterocycles. The highest BCUT2D eigenvalue weighted by Gasteiger charge is 2.38. The van der Waals surface area contributed by atoms with Crippen molar-refractivity contribution in [3.05, 3.63) is 66.2 Å². The number of rotatable bonds is 6. The summed E-state index contributed by atoms with van der Waals surface area (Å²) >= 11 is 0. The summed E-state index contributed by atoms with van der Waals surface area (Å²) in [5.41, 5.74) is 1.86. The van der Waals surface area contributed by atoms with Crippen molar-refractivity contribution in [1.82, 2.24) is 20.4 Å². The minimum atomic E-state index is -4.69. The maximum absolute atomic E-state index is 12.5. The second kappa shape index (κ2) is 7.90. The highest BCUT2D eigenvalue weighted by atomic mass is 19.4. The lowest BCUT2D eigenvalue weighted by Gasteiger charge is -2.08. The molecule has 0 unspecified atom stereocenters. The lowest BCUT2D eigenvalue weighted by Crippen LogP contribution is -2.28. The Morgan fingerprint density at radius 1 is 1.13 bits per heavy atom. The van der Waals surface area contributed by atoms with Gasteiger partial charge in [0.25, 0.3) is 5.91 Å². The van der Waals surface area contributed by atoms with Crippen molar-refractivity contribution in [2.24, 2.45) is 0 Å². The van der Waals surface area contributed by atoms with Crippen LogP contribution in [0.1, 0.15) is 16.2 Å². The number of carbonyl (C=O) groups excluding carboxylic acids is 1. The number of aromatic nitrogens is 3. The van der Waals surface area contributed by atoms with E-state index in [-0.39, 0.29) is 24.9 Å². The first-order chi connectivity index (χ1) is 14.4. The van der Waals surface area contributed by atoms with Crippen molar-refractivity contribution >= 4 is 16.8 Å². The normalized spacial score (nSPS) is 11.6. The molecule has 4 rings (SSSR count). The third-order valence-electron chi connectivity index (χ3n) is 4.25. The summed E-state index contributed by atoms with van der Waals surface area (Å²) < 4.78 is 47.3. The number of amides is 1. The third-order valence-corrected chi connectivity index (χ3v) is 4.25. The van der Waals surface area contributed by atoms with E-state index in [1.54, 1.807) is 30.5 Å². The van der Waals surface area contributed by atoms with E-state index in [0.29, 0.717) is 16.9 Å². The number of nitrogens with one attached hydrogen (secondary N) is 2. The van der Waals surface area contributed by atoms with Crippen molar-refractivity contribution in [1.29, 1.82) is 0 Å². The Morgan fingerprint density at radius 3 is 2.67 bits per heavy atom. The highest BCUT2D eigenvalue weighted by Crippen LogP contribution is 2.29. The minimum Gasteiger partial charge on any atom is -0.492 e. The maximum Gasteiger partial charge on any atom is 0.471 e. The molecule has 0 bridgehead atoms. The summed E-state index contributed by atoms with van der Waals surface area (Å²) in [6, 6.07) is 13.4. The van der Waals surface area contributed by atoms with Gasteiger partial charge in [0.1, 0.15) is 12.4 Å². The molecule has 0 fully saturated rings. The van der Waals surface area contributed by atoms with Gasteiger partial charge >= 0.3 is 12.1 Å². The zero-order chi connectivity index (χ0) is 21.1. The first-order valence-electron chi connectivity index (χ1n) is 8.90. The van der Waals surface area contributed by atoms with Crippen LogP contribution in [0.25, 0.3) is 22.3 Å². The Labute approximate surface area is 167 Å². The molecule has 0 aliphatic heterocycles. The van der Waals surface area contributed by atoms with Gasteiger partial charge in [0.2, 0.25) is 5.82 Å². The quantitative estimate of drug-likeness (QED) is 0.463. The molecule has 0 atom stereocenters. The Morgan fingerprint density at radius 2 is 1.93 bits per heavy atom. The first kappa shape index (κ1) is 19.5. The average Bonchev–Trinajstić information content (AvgIpc) is 3.40. The second-order valence-corrected chi connectivity index (χ2v) is 6.33. The van der Waals surface area contributed by atoms with Gasteiger partial charge in [-0.1, -0.05) is 5.16 Å². The number of carbonyl (C=O) groups is 1. The molecular formula is C20H15F3N4O3. The number of fused-ring (bicyclic) bond motifs is 1. The summed E-state index contributed by atoms with van der Waals surface area (Å²) in [4.78, 5) is 18.6. The van der Waals surface area contributed by atoms with Crippen molar-refractivity contribution < 1.29 is 27.2 Å². The molecule has 0 radical (unpaired) electrons. The van der Waals surface area contributed by atoms with E-state index in [1.807, 2.05) is 12.1 Å². The molecule has 154 valence electrons. The van der Waals surface area contributed by atoms with Crippen LogP contribution in [0.15, 0.2) is 59.3 Å². The van der Waals surface area contributed by atoms with Gasteiger partial charge in [-0.15, -0.1) is 0 Å². The van der Waals surface area contributed by atoms with Crippen molar-refractivity contribution in [3.63, 3.8) is 0 Å². The van der Waals surface area contributed by atoms with E-state index in [9.17, 15) is 18.0 Å². The van der Waals surface area contributed by atoms with E-state index in [0.717, 1.165) is 10.9 Å². The van der Waals surface area contributed by atoms with Crippen molar-refractivity contribution in [2.75, 3.05) is 13.2 Å². The predicted molar refractivity (Wildman–Crippen MR) is 101 cm³/mol. The van der Waals surface area contributed by atoms with Gasteiger partial charge in [-0.2, -0.15) is 18.2 Å². The van der Waals surface area contributed by atoms with E-state index in [2.05, 4.69) is 25.0 Å². The van der Waals surface area contributed by atoms with Gasteiger partial charge in [0, 0.05) is 28.2 Å². The Bertz CT molecular complexity index is 1170. The smallest absolute Gasteiger partial charge is 0.471 e. The molecule has 2 heterocycles. The van der Waals surface area contributed by atoms with E-state index in [1.165, 1.54) is 12.1 Å². The Hall–Kier alpha value is -3.82. The van der Waals surface area contributed by atoms with E-state index in [4.69, 9.17) is 4.74 Å². The van der Waals surface area contributed by atoms with E-state index >= 15 is 0 Å². The van der Waals surface area contributed by atoms with Gasteiger partial charge in [-0.3, -0.25) is 4.79 Å². The van der Waals surface area contributed by atoms with Crippen LogP contribution in [0.4, 0.5) is 13.2 Å². The van der Waals surface area contributed by atoms with Gasteiger partial charge < -0.3 is 19.6 Å². The fourth-order valence-corrected chi connectivity index (χ4v) is 2.79. The van der Waals surface area contributed by atoms with Gasteiger partial charge in [-0.05, 0) is 48.5 Å². The predicted octanol–water partition coefficient (Wildman–Crippen LogP) is 4.05. The van der Waals surface area contributed by atoms with Crippen LogP contribution >= 0.6 is 0 Å². The standard InChI is InChI=1S/C20H15F3N4O3/c21-20(22,23)19-26-17(27-30-19)12-1-4-15(5-2-12)29-10-9-25-18(28)14-3-6-16-13(11-14)7-8-24-16/h1-8,11,24H,9-10H2,(H,25,28). The minimum absolute atomic E-state index is 0.166. The number of H-pyrrole nitrogens is 1. The number of benzene rings is 2. The molecule has 4 aromatic rings. The molecule has 10 heteroatoms. The Kier molecular flexibility index (Phi) is 5.13. The molecular weight excluding hydrogens is 401 g/mol. The SMILES string of the molecule is O=C(NCCOc1ccc(-c2noc(C(F)(F)F)n2)cc1)c1ccc2[nH]ccc2c1. The largest absolute Gasteiger partial charge is 0.492 e. The fraction of sp³-hybridized carbons (Fsp3) is 0.150. The topological polar surface area (TPSA) is 93.0 Å². The summed E-state index contributed by atoms with van der Waals surface area (Å²) in [5.74, 6) is -1.29. The third kappa shape index (κ3) is 4.27. The fourth-order valence-electron chi connectivity index (χ4n) is 2.79. The number of halogens is 3. The molecule has 7 nitrogen and oxygen atoms in total. The van der Waals surface area contributed by atoms with Gasteiger partial charge in [-0.25, -0.2) is 0 Å². The summed E-state index contributed by atoms with van der Waals surface area (Å²) in [6.45, 7) is 0.503. The molecule has 0 spiro atoms. The Balaban J connectivity index is 1.28. The molecule has 0 aliphatic carbocycles. The lowest BCUT2D eigenvalue weighted by molar-refractivity contribution is -0.159. The van der Waals surface area contributed by atoms with Crippen LogP contribution in [-0.2, 0) is 6.18 Å². The number of hydrogen-bond donors (Lipinski definition) is 2. The molecule has 1 amide bonds. The van der Waals surface area contributed by atoms with Crippen LogP contribution < -0.4 is 10.1 Å². The molecule has 0 aliphatic rings. The highest BCUT2D eigenvalue weighted by molar-refractivity contribution is 5.98. The number of ether oxygens (including phenoxy) is 1. The second-order valence-electron chi connectivity index (χ2n) is 6.33. The molecule has 2 aromatic heterocycles. The van der Waals surface area contributed by atoms with Crippen LogP contribution in [0.5, 0.6) is 5.75 Å². The van der Waals surface area contributed by atoms with Crippen LogP contribution in [0.3, 0.4) is 0 Å². The van der Waals surface area contributed by atoms with Crippen molar-refractivity contribution in [2.45, 2.75) is 6.18 Å². The molecule has 2 N–H and O–H groups in total. The first-order valence-corrected chi connectivity index (χ1v) is 8.90. The monoisotopic (exact) mass is 416 g/mol. The lowest BCUT2D eigenvalue weighted by atomic mass is 10.1. The summed E-state index contributed by atoms with van der Waals surface area (Å²) in [5, 5.41) is 7.04. The molecule has 0 saturated carbocycles. The summed E-state index contributed by atoms with van der Waals surface area (Å²) in [6.07, 6.45) is -2.88. The molecule has 30 heavy (non-hydrogen) atoms. The van der Waals surface area contributed by atoms with Crippen molar-refractivity contribution in [3.8, 4) is 17.1 Å². The zero-order valence-corrected chi connectivity index (χ0v) is 15.4. The van der Waals surface area contributed by atoms with E-state index < -0.39 is 12.1 Å². The van der Waals surface area contributed by atoms with Gasteiger partial charge in [0.05, 0.1) is 6.54 Å². The number of aromatic amines is 1. The maximum atomic E-state index is 12.5. The van der Waals surface area contributed by atoms with Crippen LogP contribution in [0.2, 0.25) is 0 Å². The molecule has 2 aromatic carbocycles. The van der Waals surface area contributed by atoms with Crippen LogP contribution in [-0.4, -0.2) is 34.2 Å². The zero-order valence-electron chi connectivity index (χ0n) is 15.4. The average molecular weight is 416 g/mol. The van der Waals surface area contributed by atoms with Gasteiger partial charge in [0.15, 0.2) is 0 Å². The summed E-state index contributed by atoms with van der Waals surface area (Å²) in [7, 11) is 0. The number of nitrogens with zero attached hydrogens (tertiary/aromatic N) is 2. The number of hydrogen-bond acceptors (Lipinski definition) is 5.